The number of nitrogens with one attached hydrogen (secondary N) is 1. The maximum absolute atomic E-state index is 12.5. The maximum Gasteiger partial charge on any atom is 0.245 e. The van der Waals surface area contributed by atoms with Crippen molar-refractivity contribution in [3.05, 3.63) is 0 Å². The third-order valence-corrected chi connectivity index (χ3v) is 4.82. The summed E-state index contributed by atoms with van der Waals surface area (Å²) in [6, 6.07) is 0.00999. The van der Waals surface area contributed by atoms with Gasteiger partial charge in [-0.25, -0.2) is 0 Å². The molecule has 3 aliphatic rings. The van der Waals surface area contributed by atoms with Gasteiger partial charge in [-0.2, -0.15) is 0 Å². The van der Waals surface area contributed by atoms with Gasteiger partial charge in [0.1, 0.15) is 6.04 Å². The van der Waals surface area contributed by atoms with Crippen molar-refractivity contribution >= 4 is 11.8 Å². The first kappa shape index (κ1) is 13.8. The summed E-state index contributed by atoms with van der Waals surface area (Å²) < 4.78 is 5.43. The van der Waals surface area contributed by atoms with Gasteiger partial charge in [0.2, 0.25) is 11.8 Å². The zero-order chi connectivity index (χ0) is 14.1. The second-order valence-corrected chi connectivity index (χ2v) is 5.98. The predicted octanol–water partition coefficient (Wildman–Crippen LogP) is -0.556. The lowest BCUT2D eigenvalue weighted by Crippen LogP contribution is -2.60. The standard InChI is InChI=1S/C14H23N3O3/c1-15-11(10-4-6-20-9-10)7-16-8-13(18)17-5-2-3-12(17)14(16)19/h10-12,15H,2-9H2,1H3. The summed E-state index contributed by atoms with van der Waals surface area (Å²) >= 11 is 0. The number of ether oxygens (including phenoxy) is 1. The van der Waals surface area contributed by atoms with Crippen molar-refractivity contribution in [2.45, 2.75) is 31.3 Å². The first-order chi connectivity index (χ1) is 9.70. The molecule has 0 aromatic rings. The fourth-order valence-electron chi connectivity index (χ4n) is 3.60. The van der Waals surface area contributed by atoms with E-state index in [9.17, 15) is 9.59 Å². The number of carbonyl (C=O) groups is 2. The summed E-state index contributed by atoms with van der Waals surface area (Å²) in [4.78, 5) is 28.1. The zero-order valence-electron chi connectivity index (χ0n) is 12.0. The Bertz CT molecular complexity index is 395. The van der Waals surface area contributed by atoms with E-state index in [1.165, 1.54) is 0 Å². The summed E-state index contributed by atoms with van der Waals surface area (Å²) in [5.74, 6) is 0.662. The monoisotopic (exact) mass is 281 g/mol. The first-order valence-corrected chi connectivity index (χ1v) is 7.54. The van der Waals surface area contributed by atoms with Crippen LogP contribution in [0.3, 0.4) is 0 Å². The van der Waals surface area contributed by atoms with Crippen molar-refractivity contribution < 1.29 is 14.3 Å². The third kappa shape index (κ3) is 2.42. The van der Waals surface area contributed by atoms with Crippen LogP contribution in [0.15, 0.2) is 0 Å². The Hall–Kier alpha value is -1.14. The van der Waals surface area contributed by atoms with Crippen LogP contribution in [-0.4, -0.2) is 73.6 Å². The van der Waals surface area contributed by atoms with Crippen molar-refractivity contribution in [1.82, 2.24) is 15.1 Å². The lowest BCUT2D eigenvalue weighted by atomic mass is 9.98. The number of rotatable bonds is 4. The quantitative estimate of drug-likeness (QED) is 0.751. The number of fused-ring (bicyclic) bond motifs is 1. The molecule has 3 heterocycles. The van der Waals surface area contributed by atoms with Gasteiger partial charge in [-0.1, -0.05) is 0 Å². The van der Waals surface area contributed by atoms with Crippen LogP contribution in [0.4, 0.5) is 0 Å². The van der Waals surface area contributed by atoms with E-state index in [1.807, 2.05) is 7.05 Å². The number of amides is 2. The van der Waals surface area contributed by atoms with Crippen molar-refractivity contribution in [2.24, 2.45) is 5.92 Å². The minimum atomic E-state index is -0.200. The Labute approximate surface area is 119 Å². The van der Waals surface area contributed by atoms with E-state index in [1.54, 1.807) is 9.80 Å². The molecule has 0 radical (unpaired) electrons. The van der Waals surface area contributed by atoms with E-state index in [0.717, 1.165) is 39.0 Å². The minimum Gasteiger partial charge on any atom is -0.381 e. The molecule has 0 saturated carbocycles. The highest BCUT2D eigenvalue weighted by Gasteiger charge is 2.42. The second kappa shape index (κ2) is 5.69. The van der Waals surface area contributed by atoms with Gasteiger partial charge in [0.15, 0.2) is 0 Å². The van der Waals surface area contributed by atoms with E-state index in [0.29, 0.717) is 12.5 Å². The van der Waals surface area contributed by atoms with Gasteiger partial charge in [0.05, 0.1) is 13.2 Å². The van der Waals surface area contributed by atoms with E-state index in [4.69, 9.17) is 4.74 Å². The number of likely N-dealkylation sites (N-methyl/N-ethyl adjacent to an activating group) is 1. The van der Waals surface area contributed by atoms with E-state index in [-0.39, 0.29) is 30.4 Å². The SMILES string of the molecule is CNC(CN1CC(=O)N2CCCC2C1=O)C1CCOC1. The van der Waals surface area contributed by atoms with Crippen LogP contribution >= 0.6 is 0 Å². The van der Waals surface area contributed by atoms with E-state index < -0.39 is 0 Å². The number of hydrogen-bond acceptors (Lipinski definition) is 4. The molecule has 3 aliphatic heterocycles. The van der Waals surface area contributed by atoms with Gasteiger partial charge >= 0.3 is 0 Å². The summed E-state index contributed by atoms with van der Waals surface area (Å²) in [5.41, 5.74) is 0. The van der Waals surface area contributed by atoms with Gasteiger partial charge in [-0.15, -0.1) is 0 Å². The van der Waals surface area contributed by atoms with Crippen LogP contribution in [0.1, 0.15) is 19.3 Å². The lowest BCUT2D eigenvalue weighted by molar-refractivity contribution is -0.154. The third-order valence-electron chi connectivity index (χ3n) is 4.82. The molecule has 0 aliphatic carbocycles. The topological polar surface area (TPSA) is 61.9 Å². The van der Waals surface area contributed by atoms with Crippen molar-refractivity contribution in [3.63, 3.8) is 0 Å². The molecule has 6 nitrogen and oxygen atoms in total. The Morgan fingerprint density at radius 2 is 2.25 bits per heavy atom. The van der Waals surface area contributed by atoms with Crippen LogP contribution < -0.4 is 5.32 Å². The van der Waals surface area contributed by atoms with Crippen molar-refractivity contribution in [2.75, 3.05) is 39.9 Å². The molecular weight excluding hydrogens is 258 g/mol. The van der Waals surface area contributed by atoms with Gasteiger partial charge in [-0.3, -0.25) is 9.59 Å². The molecule has 112 valence electrons. The number of nitrogens with zero attached hydrogens (tertiary/aromatic N) is 2. The smallest absolute Gasteiger partial charge is 0.245 e. The molecule has 0 bridgehead atoms. The second-order valence-electron chi connectivity index (χ2n) is 5.98. The fraction of sp³-hybridized carbons (Fsp3) is 0.857. The number of piperazine rings is 1. The van der Waals surface area contributed by atoms with Crippen molar-refractivity contribution in [1.29, 1.82) is 0 Å². The molecule has 3 saturated heterocycles. The van der Waals surface area contributed by atoms with Crippen LogP contribution in [0.5, 0.6) is 0 Å². The maximum atomic E-state index is 12.5. The molecule has 1 N–H and O–H groups in total. The van der Waals surface area contributed by atoms with Gasteiger partial charge < -0.3 is 19.9 Å². The fourth-order valence-corrected chi connectivity index (χ4v) is 3.60. The molecule has 2 amide bonds. The molecule has 0 aromatic carbocycles. The molecule has 0 spiro atoms. The molecule has 3 fully saturated rings. The Morgan fingerprint density at radius 1 is 1.40 bits per heavy atom. The largest absolute Gasteiger partial charge is 0.381 e. The minimum absolute atomic E-state index is 0.102. The summed E-state index contributed by atoms with van der Waals surface area (Å²) in [7, 11) is 1.92. The van der Waals surface area contributed by atoms with Gasteiger partial charge in [-0.05, 0) is 26.3 Å². The van der Waals surface area contributed by atoms with Crippen LogP contribution in [0.25, 0.3) is 0 Å². The molecule has 6 heteroatoms. The molecule has 3 rings (SSSR count). The summed E-state index contributed by atoms with van der Waals surface area (Å²) in [5, 5.41) is 3.29. The molecular formula is C14H23N3O3. The average molecular weight is 281 g/mol. The molecule has 20 heavy (non-hydrogen) atoms. The zero-order valence-corrected chi connectivity index (χ0v) is 12.0. The van der Waals surface area contributed by atoms with Gasteiger partial charge in [0.25, 0.3) is 0 Å². The lowest BCUT2D eigenvalue weighted by Gasteiger charge is -2.38. The molecule has 3 atom stereocenters. The summed E-state index contributed by atoms with van der Waals surface area (Å²) in [6.07, 6.45) is 2.79. The average Bonchev–Trinajstić information content (AvgIpc) is 3.11. The number of hydrogen-bond donors (Lipinski definition) is 1. The molecule has 3 unspecified atom stereocenters. The number of carbonyl (C=O) groups excluding carboxylic acids is 2. The van der Waals surface area contributed by atoms with Crippen molar-refractivity contribution in [3.8, 4) is 0 Å². The molecule has 0 aromatic heterocycles. The Kier molecular flexibility index (Phi) is 3.94. The summed E-state index contributed by atoms with van der Waals surface area (Å²) in [6.45, 7) is 3.14. The highest BCUT2D eigenvalue weighted by atomic mass is 16.5. The Morgan fingerprint density at radius 3 is 2.95 bits per heavy atom. The highest BCUT2D eigenvalue weighted by molar-refractivity contribution is 5.95. The van der Waals surface area contributed by atoms with Crippen LogP contribution in [0, 0.1) is 5.92 Å². The highest BCUT2D eigenvalue weighted by Crippen LogP contribution is 2.25. The first-order valence-electron chi connectivity index (χ1n) is 7.54. The van der Waals surface area contributed by atoms with Crippen LogP contribution in [-0.2, 0) is 14.3 Å². The van der Waals surface area contributed by atoms with Gasteiger partial charge in [0, 0.05) is 31.7 Å². The van der Waals surface area contributed by atoms with Crippen LogP contribution in [0.2, 0.25) is 0 Å². The van der Waals surface area contributed by atoms with E-state index >= 15 is 0 Å². The van der Waals surface area contributed by atoms with E-state index in [2.05, 4.69) is 5.32 Å². The predicted molar refractivity (Wildman–Crippen MR) is 73.1 cm³/mol. The normalized spacial score (nSPS) is 31.9. The Balaban J connectivity index is 1.66.